The van der Waals surface area contributed by atoms with Crippen LogP contribution in [0.25, 0.3) is 0 Å². The smallest absolute Gasteiger partial charge is 0.226 e. The molecule has 0 radical (unpaired) electrons. The summed E-state index contributed by atoms with van der Waals surface area (Å²) in [5.41, 5.74) is 2.14. The van der Waals surface area contributed by atoms with Crippen LogP contribution >= 0.6 is 0 Å². The first-order chi connectivity index (χ1) is 8.29. The van der Waals surface area contributed by atoms with E-state index in [4.69, 9.17) is 4.74 Å². The molecule has 0 bridgehead atoms. The molecule has 0 saturated heterocycles. The summed E-state index contributed by atoms with van der Waals surface area (Å²) >= 11 is 0. The fourth-order valence-electron chi connectivity index (χ4n) is 1.47. The van der Waals surface area contributed by atoms with Crippen molar-refractivity contribution in [3.05, 3.63) is 47.9 Å². The lowest BCUT2D eigenvalue weighted by atomic mass is 10.2. The summed E-state index contributed by atoms with van der Waals surface area (Å²) in [4.78, 5) is 8.13. The van der Waals surface area contributed by atoms with E-state index in [-0.39, 0.29) is 0 Å². The maximum absolute atomic E-state index is 5.73. The Morgan fingerprint density at radius 2 is 2.00 bits per heavy atom. The summed E-state index contributed by atoms with van der Waals surface area (Å²) in [6.07, 6.45) is 3.25. The van der Waals surface area contributed by atoms with Crippen LogP contribution in [0.2, 0.25) is 0 Å². The van der Waals surface area contributed by atoms with E-state index in [0.717, 1.165) is 11.3 Å². The number of aromatic nitrogens is 2. The average molecular weight is 229 g/mol. The number of nitrogens with one attached hydrogen (secondary N) is 1. The molecule has 17 heavy (non-hydrogen) atoms. The summed E-state index contributed by atoms with van der Waals surface area (Å²) in [7, 11) is 1.88. The second kappa shape index (κ2) is 5.41. The summed E-state index contributed by atoms with van der Waals surface area (Å²) in [6.45, 7) is 2.73. The number of benzene rings is 1. The predicted molar refractivity (Wildman–Crippen MR) is 66.0 cm³/mol. The highest BCUT2D eigenvalue weighted by Crippen LogP contribution is 2.22. The monoisotopic (exact) mass is 229 g/mol. The first-order valence-electron chi connectivity index (χ1n) is 5.47. The van der Waals surface area contributed by atoms with Crippen LogP contribution in [0, 0.1) is 6.92 Å². The van der Waals surface area contributed by atoms with Crippen molar-refractivity contribution < 1.29 is 4.74 Å². The first-order valence-corrected chi connectivity index (χ1v) is 5.47. The molecule has 0 amide bonds. The second-order valence-electron chi connectivity index (χ2n) is 3.80. The van der Waals surface area contributed by atoms with Crippen molar-refractivity contribution in [3.8, 4) is 11.6 Å². The van der Waals surface area contributed by atoms with Gasteiger partial charge in [-0.3, -0.25) is 0 Å². The Bertz CT molecular complexity index is 482. The molecule has 1 aromatic carbocycles. The molecule has 0 aliphatic heterocycles. The largest absolute Gasteiger partial charge is 0.439 e. The molecule has 4 nitrogen and oxygen atoms in total. The highest BCUT2D eigenvalue weighted by atomic mass is 16.5. The van der Waals surface area contributed by atoms with E-state index in [1.54, 1.807) is 6.20 Å². The molecule has 0 fully saturated rings. The third-order valence-corrected chi connectivity index (χ3v) is 2.35. The van der Waals surface area contributed by atoms with Crippen LogP contribution in [0.5, 0.6) is 11.6 Å². The summed E-state index contributed by atoms with van der Waals surface area (Å²) in [5.74, 6) is 1.38. The molecular weight excluding hydrogens is 214 g/mol. The van der Waals surface area contributed by atoms with E-state index < -0.39 is 0 Å². The van der Waals surface area contributed by atoms with Gasteiger partial charge in [-0.25, -0.2) is 9.97 Å². The molecule has 88 valence electrons. The van der Waals surface area contributed by atoms with Gasteiger partial charge in [0.1, 0.15) is 12.1 Å². The lowest BCUT2D eigenvalue weighted by Crippen LogP contribution is -2.07. The number of hydrogen-bond donors (Lipinski definition) is 1. The molecule has 0 unspecified atom stereocenters. The van der Waals surface area contributed by atoms with Crippen LogP contribution in [-0.2, 0) is 6.54 Å². The molecule has 0 spiro atoms. The fraction of sp³-hybridized carbons (Fsp3) is 0.231. The minimum absolute atomic E-state index is 0.596. The van der Waals surface area contributed by atoms with Gasteiger partial charge in [0.2, 0.25) is 5.88 Å². The highest BCUT2D eigenvalue weighted by molar-refractivity contribution is 5.32. The number of nitrogens with zero attached hydrogens (tertiary/aromatic N) is 2. The van der Waals surface area contributed by atoms with Crippen LogP contribution in [0.3, 0.4) is 0 Å². The summed E-state index contributed by atoms with van der Waals surface area (Å²) in [6, 6.07) is 7.88. The third kappa shape index (κ3) is 3.01. The lowest BCUT2D eigenvalue weighted by Gasteiger charge is -2.08. The van der Waals surface area contributed by atoms with Gasteiger partial charge in [-0.15, -0.1) is 0 Å². The van der Waals surface area contributed by atoms with Crippen molar-refractivity contribution in [2.45, 2.75) is 13.5 Å². The van der Waals surface area contributed by atoms with Crippen molar-refractivity contribution >= 4 is 0 Å². The molecule has 0 saturated carbocycles. The van der Waals surface area contributed by atoms with E-state index in [1.807, 2.05) is 38.2 Å². The molecule has 1 heterocycles. The molecule has 0 aliphatic rings. The van der Waals surface area contributed by atoms with Gasteiger partial charge in [-0.2, -0.15) is 0 Å². The Balaban J connectivity index is 2.20. The molecule has 1 N–H and O–H groups in total. The highest BCUT2D eigenvalue weighted by Gasteiger charge is 2.05. The quantitative estimate of drug-likeness (QED) is 0.873. The van der Waals surface area contributed by atoms with Crippen molar-refractivity contribution in [1.82, 2.24) is 15.3 Å². The molecule has 0 atom stereocenters. The van der Waals surface area contributed by atoms with E-state index in [1.165, 1.54) is 11.9 Å². The van der Waals surface area contributed by atoms with Gasteiger partial charge in [0.05, 0.1) is 0 Å². The van der Waals surface area contributed by atoms with Gasteiger partial charge in [-0.1, -0.05) is 17.7 Å². The molecule has 2 aromatic rings. The van der Waals surface area contributed by atoms with Gasteiger partial charge in [0.25, 0.3) is 0 Å². The van der Waals surface area contributed by atoms with Gasteiger partial charge in [0, 0.05) is 18.3 Å². The minimum atomic E-state index is 0.596. The molecule has 1 aromatic heterocycles. The Kier molecular flexibility index (Phi) is 3.67. The van der Waals surface area contributed by atoms with Gasteiger partial charge < -0.3 is 10.1 Å². The maximum Gasteiger partial charge on any atom is 0.226 e. The van der Waals surface area contributed by atoms with Crippen molar-refractivity contribution in [1.29, 1.82) is 0 Å². The Morgan fingerprint density at radius 1 is 1.24 bits per heavy atom. The Morgan fingerprint density at radius 3 is 2.71 bits per heavy atom. The van der Waals surface area contributed by atoms with E-state index in [9.17, 15) is 0 Å². The fourth-order valence-corrected chi connectivity index (χ4v) is 1.47. The third-order valence-electron chi connectivity index (χ3n) is 2.35. The normalized spacial score (nSPS) is 10.2. The number of rotatable bonds is 4. The van der Waals surface area contributed by atoms with Crippen molar-refractivity contribution in [2.75, 3.05) is 7.05 Å². The van der Waals surface area contributed by atoms with Crippen molar-refractivity contribution in [2.24, 2.45) is 0 Å². The van der Waals surface area contributed by atoms with Crippen LogP contribution in [0.1, 0.15) is 11.1 Å². The van der Waals surface area contributed by atoms with Gasteiger partial charge in [0.15, 0.2) is 0 Å². The zero-order valence-corrected chi connectivity index (χ0v) is 9.97. The summed E-state index contributed by atoms with van der Waals surface area (Å²) in [5, 5.41) is 3.06. The van der Waals surface area contributed by atoms with Crippen LogP contribution < -0.4 is 10.1 Å². The number of aryl methyl sites for hydroxylation is 1. The van der Waals surface area contributed by atoms with Gasteiger partial charge in [-0.05, 0) is 26.1 Å². The topological polar surface area (TPSA) is 47.0 Å². The zero-order chi connectivity index (χ0) is 12.1. The molecule has 4 heteroatoms. The Hall–Kier alpha value is -1.94. The Labute approximate surface area is 101 Å². The maximum atomic E-state index is 5.73. The second-order valence-corrected chi connectivity index (χ2v) is 3.80. The standard InChI is InChI=1S/C13H15N3O/c1-10-3-5-12(6-4-10)17-13-11(7-14-2)8-15-9-16-13/h3-6,8-9,14H,7H2,1-2H3. The molecular formula is C13H15N3O. The SMILES string of the molecule is CNCc1cncnc1Oc1ccc(C)cc1. The molecule has 2 rings (SSSR count). The van der Waals surface area contributed by atoms with E-state index in [0.29, 0.717) is 12.4 Å². The van der Waals surface area contributed by atoms with E-state index >= 15 is 0 Å². The van der Waals surface area contributed by atoms with Crippen molar-refractivity contribution in [3.63, 3.8) is 0 Å². The van der Waals surface area contributed by atoms with E-state index in [2.05, 4.69) is 15.3 Å². The minimum Gasteiger partial charge on any atom is -0.439 e. The summed E-state index contributed by atoms with van der Waals surface area (Å²) < 4.78 is 5.73. The van der Waals surface area contributed by atoms with Crippen LogP contribution in [0.4, 0.5) is 0 Å². The predicted octanol–water partition coefficient (Wildman–Crippen LogP) is 2.30. The molecule has 0 aliphatic carbocycles. The van der Waals surface area contributed by atoms with Crippen LogP contribution in [0.15, 0.2) is 36.8 Å². The van der Waals surface area contributed by atoms with Gasteiger partial charge >= 0.3 is 0 Å². The number of ether oxygens (including phenoxy) is 1. The zero-order valence-electron chi connectivity index (χ0n) is 9.97. The first kappa shape index (κ1) is 11.5. The lowest BCUT2D eigenvalue weighted by molar-refractivity contribution is 0.452. The number of hydrogen-bond acceptors (Lipinski definition) is 4. The van der Waals surface area contributed by atoms with Crippen LogP contribution in [-0.4, -0.2) is 17.0 Å². The average Bonchev–Trinajstić information content (AvgIpc) is 2.35.